The van der Waals surface area contributed by atoms with Crippen LogP contribution in [0.1, 0.15) is 30.0 Å². The van der Waals surface area contributed by atoms with E-state index in [2.05, 4.69) is 16.5 Å². The number of methoxy groups -OCH3 is 2. The molecule has 0 aromatic heterocycles. The molecule has 3 rings (SSSR count). The molecule has 1 amide bonds. The molecule has 0 spiro atoms. The Labute approximate surface area is 169 Å². The molecule has 7 heteroatoms. The molecule has 0 bridgehead atoms. The molecule has 1 aliphatic rings. The monoisotopic (exact) mass is 402 g/mol. The Morgan fingerprint density at radius 1 is 1.18 bits per heavy atom. The number of fused-ring (bicyclic) bond motifs is 1. The number of hydrogen-bond acceptors (Lipinski definition) is 5. The van der Waals surface area contributed by atoms with Crippen LogP contribution in [0.25, 0.3) is 0 Å². The highest BCUT2D eigenvalue weighted by molar-refractivity contribution is 6.32. The first-order valence-electron chi connectivity index (χ1n) is 9.05. The number of nitrogens with one attached hydrogen (secondary N) is 1. The molecule has 1 aliphatic carbocycles. The van der Waals surface area contributed by atoms with E-state index < -0.39 is 6.10 Å². The summed E-state index contributed by atoms with van der Waals surface area (Å²) in [6.45, 7) is 1.64. The molecule has 148 valence electrons. The number of aryl methyl sites for hydroxylation is 2. The number of carbonyl (C=O) groups is 1. The van der Waals surface area contributed by atoms with Gasteiger partial charge in [-0.15, -0.1) is 0 Å². The third-order valence-electron chi connectivity index (χ3n) is 4.61. The number of carbonyl (C=O) groups excluding carboxylic acids is 1. The van der Waals surface area contributed by atoms with E-state index in [0.29, 0.717) is 22.1 Å². The van der Waals surface area contributed by atoms with Gasteiger partial charge in [0.15, 0.2) is 11.5 Å². The van der Waals surface area contributed by atoms with Gasteiger partial charge >= 0.3 is 0 Å². The molecule has 0 heterocycles. The van der Waals surface area contributed by atoms with Crippen molar-refractivity contribution in [1.82, 2.24) is 0 Å². The second kappa shape index (κ2) is 8.97. The maximum Gasteiger partial charge on any atom is 0.267 e. The van der Waals surface area contributed by atoms with Crippen LogP contribution in [0.3, 0.4) is 0 Å². The van der Waals surface area contributed by atoms with Crippen LogP contribution in [0.2, 0.25) is 5.02 Å². The van der Waals surface area contributed by atoms with Crippen LogP contribution < -0.4 is 14.8 Å². The van der Waals surface area contributed by atoms with Gasteiger partial charge in [0.05, 0.1) is 25.5 Å². The topological polar surface area (TPSA) is 69.2 Å². The zero-order valence-electron chi connectivity index (χ0n) is 16.1. The predicted octanol–water partition coefficient (Wildman–Crippen LogP) is 4.22. The fourth-order valence-electron chi connectivity index (χ4n) is 3.14. The number of rotatable bonds is 7. The minimum atomic E-state index is -0.750. The smallest absolute Gasteiger partial charge is 0.267 e. The van der Waals surface area contributed by atoms with Gasteiger partial charge in [-0.05, 0) is 61.6 Å². The zero-order valence-corrected chi connectivity index (χ0v) is 16.9. The Hall–Kier alpha value is -2.73. The lowest BCUT2D eigenvalue weighted by atomic mass is 10.1. The SMILES string of the molecule is COc1cc(/C=N/OC(C)C(=O)Nc2ccc3c(c2)CCC3)cc(Cl)c1OC. The Morgan fingerprint density at radius 2 is 1.96 bits per heavy atom. The van der Waals surface area contributed by atoms with Gasteiger partial charge in [-0.1, -0.05) is 22.8 Å². The molecule has 28 heavy (non-hydrogen) atoms. The fourth-order valence-corrected chi connectivity index (χ4v) is 3.43. The largest absolute Gasteiger partial charge is 0.493 e. The van der Waals surface area contributed by atoms with E-state index in [1.54, 1.807) is 19.1 Å². The van der Waals surface area contributed by atoms with E-state index in [-0.39, 0.29) is 5.91 Å². The van der Waals surface area contributed by atoms with Crippen molar-refractivity contribution in [2.24, 2.45) is 5.16 Å². The summed E-state index contributed by atoms with van der Waals surface area (Å²) in [6.07, 6.45) is 4.05. The van der Waals surface area contributed by atoms with Gasteiger partial charge in [-0.3, -0.25) is 4.79 Å². The molecule has 2 aromatic carbocycles. The predicted molar refractivity (Wildman–Crippen MR) is 110 cm³/mol. The number of hydrogen-bond donors (Lipinski definition) is 1. The van der Waals surface area contributed by atoms with Crippen molar-refractivity contribution in [2.45, 2.75) is 32.3 Å². The third-order valence-corrected chi connectivity index (χ3v) is 4.89. The number of oxime groups is 1. The van der Waals surface area contributed by atoms with Gasteiger partial charge in [0.1, 0.15) is 0 Å². The van der Waals surface area contributed by atoms with E-state index in [0.717, 1.165) is 18.5 Å². The second-order valence-corrected chi connectivity index (χ2v) is 6.95. The first-order valence-corrected chi connectivity index (χ1v) is 9.43. The van der Waals surface area contributed by atoms with Gasteiger partial charge in [0.2, 0.25) is 6.10 Å². The van der Waals surface area contributed by atoms with Crippen molar-refractivity contribution in [3.05, 3.63) is 52.0 Å². The Morgan fingerprint density at radius 3 is 2.71 bits per heavy atom. The number of amides is 1. The molecule has 0 fully saturated rings. The van der Waals surface area contributed by atoms with E-state index >= 15 is 0 Å². The normalized spacial score (nSPS) is 13.9. The first kappa shape index (κ1) is 20.0. The van der Waals surface area contributed by atoms with E-state index in [1.807, 2.05) is 12.1 Å². The Balaban J connectivity index is 1.59. The van der Waals surface area contributed by atoms with Gasteiger partial charge in [0.25, 0.3) is 5.91 Å². The first-order chi connectivity index (χ1) is 13.5. The molecule has 0 aliphatic heterocycles. The second-order valence-electron chi connectivity index (χ2n) is 6.55. The summed E-state index contributed by atoms with van der Waals surface area (Å²) in [4.78, 5) is 17.6. The molecule has 1 N–H and O–H groups in total. The molecule has 2 aromatic rings. The van der Waals surface area contributed by atoms with Crippen molar-refractivity contribution >= 4 is 29.4 Å². The highest BCUT2D eigenvalue weighted by Crippen LogP contribution is 2.35. The summed E-state index contributed by atoms with van der Waals surface area (Å²) in [7, 11) is 3.04. The summed E-state index contributed by atoms with van der Waals surface area (Å²) >= 11 is 6.16. The summed E-state index contributed by atoms with van der Waals surface area (Å²) < 4.78 is 10.4. The molecule has 0 saturated carbocycles. The fraction of sp³-hybridized carbons (Fsp3) is 0.333. The summed E-state index contributed by atoms with van der Waals surface area (Å²) in [5.74, 6) is 0.670. The van der Waals surface area contributed by atoms with Crippen molar-refractivity contribution in [2.75, 3.05) is 19.5 Å². The van der Waals surface area contributed by atoms with E-state index in [9.17, 15) is 4.79 Å². The number of anilines is 1. The van der Waals surface area contributed by atoms with Gasteiger partial charge in [-0.25, -0.2) is 0 Å². The van der Waals surface area contributed by atoms with Crippen LogP contribution in [-0.2, 0) is 22.5 Å². The van der Waals surface area contributed by atoms with E-state index in [1.165, 1.54) is 38.0 Å². The van der Waals surface area contributed by atoms with Crippen LogP contribution in [0, 0.1) is 0 Å². The van der Waals surface area contributed by atoms with Crippen LogP contribution >= 0.6 is 11.6 Å². The number of benzene rings is 2. The highest BCUT2D eigenvalue weighted by Gasteiger charge is 2.16. The van der Waals surface area contributed by atoms with Crippen molar-refractivity contribution in [3.63, 3.8) is 0 Å². The molecular formula is C21H23ClN2O4. The lowest BCUT2D eigenvalue weighted by Crippen LogP contribution is -2.26. The van der Waals surface area contributed by atoms with Crippen molar-refractivity contribution in [1.29, 1.82) is 0 Å². The minimum absolute atomic E-state index is 0.263. The average molecular weight is 403 g/mol. The molecule has 6 nitrogen and oxygen atoms in total. The lowest BCUT2D eigenvalue weighted by Gasteiger charge is -2.12. The summed E-state index contributed by atoms with van der Waals surface area (Å²) in [5.41, 5.74) is 4.10. The van der Waals surface area contributed by atoms with E-state index in [4.69, 9.17) is 25.9 Å². The van der Waals surface area contributed by atoms with Crippen LogP contribution in [-0.4, -0.2) is 32.4 Å². The van der Waals surface area contributed by atoms with Crippen LogP contribution in [0.4, 0.5) is 5.69 Å². The summed E-state index contributed by atoms with van der Waals surface area (Å²) in [6, 6.07) is 9.41. The zero-order chi connectivity index (χ0) is 20.1. The Bertz CT molecular complexity index is 898. The van der Waals surface area contributed by atoms with Gasteiger partial charge in [-0.2, -0.15) is 0 Å². The Kier molecular flexibility index (Phi) is 6.41. The average Bonchev–Trinajstić information content (AvgIpc) is 3.15. The third kappa shape index (κ3) is 4.57. The van der Waals surface area contributed by atoms with Gasteiger partial charge < -0.3 is 19.6 Å². The molecule has 0 saturated heterocycles. The molecule has 1 atom stereocenters. The number of nitrogens with zero attached hydrogens (tertiary/aromatic N) is 1. The summed E-state index contributed by atoms with van der Waals surface area (Å²) in [5, 5.41) is 7.15. The number of ether oxygens (including phenoxy) is 2. The quantitative estimate of drug-likeness (QED) is 0.556. The highest BCUT2D eigenvalue weighted by atomic mass is 35.5. The van der Waals surface area contributed by atoms with Crippen LogP contribution in [0.15, 0.2) is 35.5 Å². The van der Waals surface area contributed by atoms with Gasteiger partial charge in [0, 0.05) is 11.3 Å². The van der Waals surface area contributed by atoms with Crippen molar-refractivity contribution in [3.8, 4) is 11.5 Å². The molecule has 1 unspecified atom stereocenters. The lowest BCUT2D eigenvalue weighted by molar-refractivity contribution is -0.126. The maximum atomic E-state index is 12.3. The van der Waals surface area contributed by atoms with Crippen LogP contribution in [0.5, 0.6) is 11.5 Å². The molecular weight excluding hydrogens is 380 g/mol. The number of halogens is 1. The van der Waals surface area contributed by atoms with Crippen molar-refractivity contribution < 1.29 is 19.1 Å². The maximum absolute atomic E-state index is 12.3. The minimum Gasteiger partial charge on any atom is -0.493 e. The standard InChI is InChI=1S/C21H23ClN2O4/c1-13(21(25)24-17-8-7-15-5-4-6-16(15)11-17)28-23-12-14-9-18(22)20(27-3)19(10-14)26-2/h7-13H,4-6H2,1-3H3,(H,24,25)/b23-12+. The molecule has 0 radical (unpaired) electrons.